The Bertz CT molecular complexity index is 775. The van der Waals surface area contributed by atoms with Crippen LogP contribution in [-0.4, -0.2) is 22.6 Å². The highest BCUT2D eigenvalue weighted by molar-refractivity contribution is 7.59. The number of carbonyl (C=O) groups excluding carboxylic acids is 1. The van der Waals surface area contributed by atoms with Crippen molar-refractivity contribution in [2.75, 3.05) is 6.61 Å². The van der Waals surface area contributed by atoms with Crippen molar-refractivity contribution in [2.24, 2.45) is 0 Å². The second kappa shape index (κ2) is 10.4. The van der Waals surface area contributed by atoms with Gasteiger partial charge in [0.2, 0.25) is 7.37 Å². The molecule has 0 aliphatic carbocycles. The van der Waals surface area contributed by atoms with E-state index in [0.29, 0.717) is 19.3 Å². The SMILES string of the molecule is CCCC(CC)(C(COC(=O)CC)c1ccsc1)P(=O)(O)Cc1ccccc1. The Hall–Kier alpha value is -1.42. The number of carbonyl (C=O) groups is 1. The standard InChI is InChI=1S/C22H31O4PS/c1-4-13-22(6-3,27(24,25)16-18-10-8-7-9-11-18)20(15-26-21(23)5-2)19-12-14-28-17-19/h7-12,14,17,20H,4-6,13,15-16H2,1-3H3,(H,24,25). The minimum atomic E-state index is -3.62. The number of esters is 1. The molecule has 3 unspecified atom stereocenters. The molecular formula is C22H31O4PS. The number of hydrogen-bond acceptors (Lipinski definition) is 4. The summed E-state index contributed by atoms with van der Waals surface area (Å²) in [7, 11) is -3.62. The van der Waals surface area contributed by atoms with E-state index >= 15 is 0 Å². The zero-order valence-corrected chi connectivity index (χ0v) is 18.7. The van der Waals surface area contributed by atoms with E-state index in [9.17, 15) is 14.3 Å². The highest BCUT2D eigenvalue weighted by Crippen LogP contribution is 2.66. The Kier molecular flexibility index (Phi) is 8.48. The van der Waals surface area contributed by atoms with Crippen LogP contribution < -0.4 is 0 Å². The molecule has 1 heterocycles. The van der Waals surface area contributed by atoms with Crippen molar-refractivity contribution in [1.82, 2.24) is 0 Å². The highest BCUT2D eigenvalue weighted by Gasteiger charge is 2.51. The summed E-state index contributed by atoms with van der Waals surface area (Å²) in [5.74, 6) is -0.587. The lowest BCUT2D eigenvalue weighted by Crippen LogP contribution is -2.39. The summed E-state index contributed by atoms with van der Waals surface area (Å²) in [5, 5.41) is 3.13. The Morgan fingerprint density at radius 1 is 1.21 bits per heavy atom. The van der Waals surface area contributed by atoms with Gasteiger partial charge in [-0.1, -0.05) is 57.5 Å². The van der Waals surface area contributed by atoms with Crippen LogP contribution in [-0.2, 0) is 20.3 Å². The fourth-order valence-electron chi connectivity index (χ4n) is 4.00. The van der Waals surface area contributed by atoms with E-state index < -0.39 is 12.5 Å². The molecule has 28 heavy (non-hydrogen) atoms. The topological polar surface area (TPSA) is 63.6 Å². The van der Waals surface area contributed by atoms with Crippen LogP contribution in [0.1, 0.15) is 63.5 Å². The Balaban J connectivity index is 2.48. The maximum absolute atomic E-state index is 13.9. The molecular weight excluding hydrogens is 391 g/mol. The molecule has 154 valence electrons. The lowest BCUT2D eigenvalue weighted by Gasteiger charge is -2.43. The molecule has 0 amide bonds. The highest BCUT2D eigenvalue weighted by atomic mass is 32.1. The number of thiophene rings is 1. The van der Waals surface area contributed by atoms with Gasteiger partial charge >= 0.3 is 5.97 Å². The smallest absolute Gasteiger partial charge is 0.305 e. The lowest BCUT2D eigenvalue weighted by molar-refractivity contribution is -0.144. The van der Waals surface area contributed by atoms with Crippen molar-refractivity contribution >= 4 is 24.7 Å². The first kappa shape index (κ1) is 22.9. The average molecular weight is 423 g/mol. The predicted octanol–water partition coefficient (Wildman–Crippen LogP) is 6.20. The molecule has 2 aromatic rings. The van der Waals surface area contributed by atoms with Crippen LogP contribution in [0.25, 0.3) is 0 Å². The van der Waals surface area contributed by atoms with Crippen molar-refractivity contribution < 1.29 is 19.0 Å². The van der Waals surface area contributed by atoms with E-state index in [4.69, 9.17) is 4.74 Å². The van der Waals surface area contributed by atoms with Gasteiger partial charge in [0.1, 0.15) is 0 Å². The largest absolute Gasteiger partial charge is 0.465 e. The molecule has 1 aromatic carbocycles. The summed E-state index contributed by atoms with van der Waals surface area (Å²) >= 11 is 1.56. The van der Waals surface area contributed by atoms with Crippen molar-refractivity contribution in [3.63, 3.8) is 0 Å². The van der Waals surface area contributed by atoms with Gasteiger partial charge in [0.15, 0.2) is 0 Å². The van der Waals surface area contributed by atoms with Crippen LogP contribution in [0, 0.1) is 0 Å². The first-order chi connectivity index (χ1) is 13.4. The van der Waals surface area contributed by atoms with Gasteiger partial charge in [-0.15, -0.1) is 0 Å². The molecule has 0 saturated heterocycles. The third-order valence-electron chi connectivity index (χ3n) is 5.52. The van der Waals surface area contributed by atoms with Crippen molar-refractivity contribution in [3.05, 3.63) is 58.3 Å². The third-order valence-corrected chi connectivity index (χ3v) is 9.26. The van der Waals surface area contributed by atoms with E-state index in [2.05, 4.69) is 0 Å². The number of hydrogen-bond donors (Lipinski definition) is 1. The van der Waals surface area contributed by atoms with Gasteiger partial charge in [0.25, 0.3) is 0 Å². The molecule has 0 fully saturated rings. The minimum Gasteiger partial charge on any atom is -0.465 e. The van der Waals surface area contributed by atoms with Gasteiger partial charge in [-0.05, 0) is 40.8 Å². The van der Waals surface area contributed by atoms with Crippen molar-refractivity contribution in [2.45, 2.75) is 63.7 Å². The first-order valence-corrected chi connectivity index (χ1v) is 12.7. The summed E-state index contributed by atoms with van der Waals surface area (Å²) in [6.07, 6.45) is 2.36. The lowest BCUT2D eigenvalue weighted by atomic mass is 9.82. The molecule has 0 spiro atoms. The fourth-order valence-corrected chi connectivity index (χ4v) is 7.51. The molecule has 1 N–H and O–H groups in total. The van der Waals surface area contributed by atoms with E-state index in [1.54, 1.807) is 18.3 Å². The van der Waals surface area contributed by atoms with Crippen molar-refractivity contribution in [1.29, 1.82) is 0 Å². The third kappa shape index (κ3) is 5.14. The van der Waals surface area contributed by atoms with E-state index in [0.717, 1.165) is 17.5 Å². The van der Waals surface area contributed by atoms with E-state index in [1.807, 2.05) is 61.0 Å². The maximum Gasteiger partial charge on any atom is 0.305 e. The van der Waals surface area contributed by atoms with Crippen LogP contribution >= 0.6 is 18.7 Å². The maximum atomic E-state index is 13.9. The quantitative estimate of drug-likeness (QED) is 0.346. The zero-order chi connectivity index (χ0) is 20.6. The predicted molar refractivity (Wildman–Crippen MR) is 116 cm³/mol. The van der Waals surface area contributed by atoms with Gasteiger partial charge in [-0.3, -0.25) is 9.36 Å². The Morgan fingerprint density at radius 3 is 2.46 bits per heavy atom. The fraction of sp³-hybridized carbons (Fsp3) is 0.500. The summed E-state index contributed by atoms with van der Waals surface area (Å²) in [4.78, 5) is 23.3. The normalized spacial score (nSPS) is 16.7. The molecule has 4 nitrogen and oxygen atoms in total. The second-order valence-electron chi connectivity index (χ2n) is 7.20. The second-order valence-corrected chi connectivity index (χ2v) is 10.6. The zero-order valence-electron chi connectivity index (χ0n) is 17.0. The van der Waals surface area contributed by atoms with Gasteiger partial charge in [-0.25, -0.2) is 0 Å². The summed E-state index contributed by atoms with van der Waals surface area (Å²) < 4.78 is 19.4. The monoisotopic (exact) mass is 422 g/mol. The molecule has 1 aromatic heterocycles. The summed E-state index contributed by atoms with van der Waals surface area (Å²) in [6, 6.07) is 11.5. The molecule has 0 aliphatic rings. The molecule has 0 bridgehead atoms. The van der Waals surface area contributed by atoms with E-state index in [-0.39, 0.29) is 24.7 Å². The van der Waals surface area contributed by atoms with E-state index in [1.165, 1.54) is 0 Å². The van der Waals surface area contributed by atoms with Crippen molar-refractivity contribution in [3.8, 4) is 0 Å². The van der Waals surface area contributed by atoms with Gasteiger partial charge < -0.3 is 9.63 Å². The Labute approximate surface area is 172 Å². The number of ether oxygens (including phenoxy) is 1. The molecule has 0 radical (unpaired) electrons. The van der Waals surface area contributed by atoms with Gasteiger partial charge in [0, 0.05) is 12.3 Å². The van der Waals surface area contributed by atoms with Crippen LogP contribution in [0.4, 0.5) is 0 Å². The van der Waals surface area contributed by atoms with Crippen LogP contribution in [0.15, 0.2) is 47.2 Å². The summed E-state index contributed by atoms with van der Waals surface area (Å²) in [6.45, 7) is 5.91. The Morgan fingerprint density at radius 2 is 1.93 bits per heavy atom. The molecule has 0 saturated carbocycles. The number of rotatable bonds is 11. The number of benzene rings is 1. The van der Waals surface area contributed by atoms with Gasteiger partial charge in [-0.2, -0.15) is 11.3 Å². The molecule has 6 heteroatoms. The molecule has 3 atom stereocenters. The molecule has 0 aliphatic heterocycles. The van der Waals surface area contributed by atoms with Crippen LogP contribution in [0.2, 0.25) is 0 Å². The first-order valence-electron chi connectivity index (χ1n) is 9.93. The van der Waals surface area contributed by atoms with Crippen LogP contribution in [0.3, 0.4) is 0 Å². The molecule has 2 rings (SSSR count). The minimum absolute atomic E-state index is 0.129. The van der Waals surface area contributed by atoms with Crippen LogP contribution in [0.5, 0.6) is 0 Å². The summed E-state index contributed by atoms with van der Waals surface area (Å²) in [5.41, 5.74) is 1.84. The van der Waals surface area contributed by atoms with Gasteiger partial charge in [0.05, 0.1) is 17.9 Å². The average Bonchev–Trinajstić information content (AvgIpc) is 3.21.